The molecule has 3 nitrogen and oxygen atoms in total. The third kappa shape index (κ3) is 2.44. The number of aryl methyl sites for hydroxylation is 2. The van der Waals surface area contributed by atoms with Gasteiger partial charge in [-0.2, -0.15) is 0 Å². The van der Waals surface area contributed by atoms with E-state index in [1.54, 1.807) is 0 Å². The van der Waals surface area contributed by atoms with E-state index in [1.807, 2.05) is 32.0 Å². The summed E-state index contributed by atoms with van der Waals surface area (Å²) in [5.74, 6) is -1.57. The van der Waals surface area contributed by atoms with Crippen molar-refractivity contribution >= 4 is 16.9 Å². The molecule has 0 bridgehead atoms. The van der Waals surface area contributed by atoms with Crippen molar-refractivity contribution in [3.8, 4) is 11.3 Å². The number of nitrogens with zero attached hydrogens (tertiary/aromatic N) is 1. The maximum absolute atomic E-state index is 13.4. The monoisotopic (exact) mass is 295 g/mol. The van der Waals surface area contributed by atoms with E-state index in [-0.39, 0.29) is 5.56 Å². The van der Waals surface area contributed by atoms with E-state index in [0.717, 1.165) is 16.7 Å². The van der Waals surface area contributed by atoms with E-state index < -0.39 is 11.8 Å². The van der Waals surface area contributed by atoms with Gasteiger partial charge in [0.1, 0.15) is 5.82 Å². The molecule has 0 amide bonds. The van der Waals surface area contributed by atoms with Gasteiger partial charge in [-0.25, -0.2) is 14.2 Å². The molecule has 22 heavy (non-hydrogen) atoms. The normalized spacial score (nSPS) is 10.9. The van der Waals surface area contributed by atoms with Gasteiger partial charge in [0.2, 0.25) is 0 Å². The molecule has 0 aliphatic heterocycles. The first-order valence-electron chi connectivity index (χ1n) is 6.87. The van der Waals surface area contributed by atoms with Crippen LogP contribution in [0, 0.1) is 19.7 Å². The number of carboxylic acids is 1. The van der Waals surface area contributed by atoms with Gasteiger partial charge in [0.05, 0.1) is 16.8 Å². The van der Waals surface area contributed by atoms with Crippen molar-refractivity contribution in [2.75, 3.05) is 0 Å². The highest BCUT2D eigenvalue weighted by Gasteiger charge is 2.14. The Hall–Kier alpha value is -2.75. The fourth-order valence-electron chi connectivity index (χ4n) is 2.42. The van der Waals surface area contributed by atoms with E-state index in [2.05, 4.69) is 4.98 Å². The number of aromatic nitrogens is 1. The molecule has 0 fully saturated rings. The lowest BCUT2D eigenvalue weighted by Crippen LogP contribution is -2.01. The predicted molar refractivity (Wildman–Crippen MR) is 83.6 cm³/mol. The van der Waals surface area contributed by atoms with Crippen molar-refractivity contribution in [1.82, 2.24) is 4.98 Å². The maximum atomic E-state index is 13.4. The number of hydrogen-bond acceptors (Lipinski definition) is 2. The summed E-state index contributed by atoms with van der Waals surface area (Å²) >= 11 is 0. The number of aromatic carboxylic acids is 1. The number of benzene rings is 2. The third-order valence-corrected chi connectivity index (χ3v) is 3.80. The molecule has 110 valence electrons. The second-order valence-corrected chi connectivity index (χ2v) is 5.32. The molecule has 0 spiro atoms. The number of hydrogen-bond donors (Lipinski definition) is 1. The van der Waals surface area contributed by atoms with Gasteiger partial charge in [0.15, 0.2) is 0 Å². The molecule has 1 aromatic heterocycles. The van der Waals surface area contributed by atoms with Crippen LogP contribution in [0.2, 0.25) is 0 Å². The highest BCUT2D eigenvalue weighted by atomic mass is 19.1. The standard InChI is InChI=1S/C18H14FNO2/c1-10-3-4-12(7-11(10)2)17-9-15(18(21)22)14-8-13(19)5-6-16(14)20-17/h3-9H,1-2H3,(H,21,22). The molecule has 0 radical (unpaired) electrons. The van der Waals surface area contributed by atoms with Crippen molar-refractivity contribution in [2.45, 2.75) is 13.8 Å². The Morgan fingerprint density at radius 2 is 1.82 bits per heavy atom. The third-order valence-electron chi connectivity index (χ3n) is 3.80. The van der Waals surface area contributed by atoms with E-state index >= 15 is 0 Å². The first kappa shape index (κ1) is 14.2. The Bertz CT molecular complexity index is 903. The number of halogens is 1. The maximum Gasteiger partial charge on any atom is 0.336 e. The lowest BCUT2D eigenvalue weighted by atomic mass is 10.0. The molecule has 0 saturated heterocycles. The Morgan fingerprint density at radius 3 is 2.50 bits per heavy atom. The molecule has 1 heterocycles. The van der Waals surface area contributed by atoms with Gasteiger partial charge in [-0.3, -0.25) is 0 Å². The van der Waals surface area contributed by atoms with Crippen LogP contribution in [0.4, 0.5) is 4.39 Å². The summed E-state index contributed by atoms with van der Waals surface area (Å²) in [5.41, 5.74) is 4.20. The average Bonchev–Trinajstić information content (AvgIpc) is 2.48. The van der Waals surface area contributed by atoms with Gasteiger partial charge < -0.3 is 5.11 Å². The van der Waals surface area contributed by atoms with Crippen LogP contribution in [-0.4, -0.2) is 16.1 Å². The Labute approximate surface area is 127 Å². The smallest absolute Gasteiger partial charge is 0.336 e. The summed E-state index contributed by atoms with van der Waals surface area (Å²) in [6.07, 6.45) is 0. The molecule has 3 rings (SSSR count). The van der Waals surface area contributed by atoms with Crippen LogP contribution in [-0.2, 0) is 0 Å². The highest BCUT2D eigenvalue weighted by molar-refractivity contribution is 6.03. The number of pyridine rings is 1. The molecule has 3 aromatic rings. The predicted octanol–water partition coefficient (Wildman–Crippen LogP) is 4.36. The van der Waals surface area contributed by atoms with Crippen molar-refractivity contribution in [3.63, 3.8) is 0 Å². The molecule has 0 atom stereocenters. The minimum atomic E-state index is -1.09. The molecule has 0 aliphatic carbocycles. The van der Waals surface area contributed by atoms with Gasteiger partial charge in [-0.05, 0) is 55.3 Å². The van der Waals surface area contributed by atoms with Crippen LogP contribution in [0.15, 0.2) is 42.5 Å². The van der Waals surface area contributed by atoms with Crippen LogP contribution >= 0.6 is 0 Å². The van der Waals surface area contributed by atoms with Crippen LogP contribution in [0.25, 0.3) is 22.2 Å². The zero-order valence-electron chi connectivity index (χ0n) is 12.2. The molecule has 0 aliphatic rings. The minimum absolute atomic E-state index is 0.0535. The van der Waals surface area contributed by atoms with Crippen molar-refractivity contribution in [2.24, 2.45) is 0 Å². The van der Waals surface area contributed by atoms with E-state index in [4.69, 9.17) is 0 Å². The van der Waals surface area contributed by atoms with E-state index in [1.165, 1.54) is 24.3 Å². The molecule has 1 N–H and O–H groups in total. The molecular formula is C18H14FNO2. The van der Waals surface area contributed by atoms with Crippen LogP contribution in [0.5, 0.6) is 0 Å². The summed E-state index contributed by atoms with van der Waals surface area (Å²) < 4.78 is 13.4. The lowest BCUT2D eigenvalue weighted by molar-refractivity contribution is 0.0699. The molecule has 4 heteroatoms. The molecule has 0 unspecified atom stereocenters. The van der Waals surface area contributed by atoms with Gasteiger partial charge >= 0.3 is 5.97 Å². The summed E-state index contributed by atoms with van der Waals surface area (Å²) in [6.45, 7) is 4.01. The van der Waals surface area contributed by atoms with Crippen molar-refractivity contribution < 1.29 is 14.3 Å². The summed E-state index contributed by atoms with van der Waals surface area (Å²) in [4.78, 5) is 16.0. The first-order valence-corrected chi connectivity index (χ1v) is 6.87. The van der Waals surface area contributed by atoms with Gasteiger partial charge in [0, 0.05) is 10.9 Å². The Balaban J connectivity index is 2.29. The largest absolute Gasteiger partial charge is 0.478 e. The van der Waals surface area contributed by atoms with Gasteiger partial charge in [-0.1, -0.05) is 12.1 Å². The Morgan fingerprint density at radius 1 is 1.05 bits per heavy atom. The quantitative estimate of drug-likeness (QED) is 0.764. The first-order chi connectivity index (χ1) is 10.5. The highest BCUT2D eigenvalue weighted by Crippen LogP contribution is 2.26. The molecular weight excluding hydrogens is 281 g/mol. The molecule has 2 aromatic carbocycles. The summed E-state index contributed by atoms with van der Waals surface area (Å²) in [6, 6.07) is 11.3. The summed E-state index contributed by atoms with van der Waals surface area (Å²) in [7, 11) is 0. The second-order valence-electron chi connectivity index (χ2n) is 5.32. The van der Waals surface area contributed by atoms with Crippen molar-refractivity contribution in [3.05, 3.63) is 65.0 Å². The molecule has 0 saturated carbocycles. The van der Waals surface area contributed by atoms with Crippen molar-refractivity contribution in [1.29, 1.82) is 0 Å². The zero-order chi connectivity index (χ0) is 15.9. The average molecular weight is 295 g/mol. The number of rotatable bonds is 2. The van der Waals surface area contributed by atoms with Crippen LogP contribution in [0.3, 0.4) is 0 Å². The number of carboxylic acid groups (broad SMARTS) is 1. The summed E-state index contributed by atoms with van der Waals surface area (Å²) in [5, 5.41) is 9.70. The number of fused-ring (bicyclic) bond motifs is 1. The SMILES string of the molecule is Cc1ccc(-c2cc(C(=O)O)c3cc(F)ccc3n2)cc1C. The topological polar surface area (TPSA) is 50.2 Å². The zero-order valence-corrected chi connectivity index (χ0v) is 12.2. The van der Waals surface area contributed by atoms with E-state index in [9.17, 15) is 14.3 Å². The second kappa shape index (κ2) is 5.22. The van der Waals surface area contributed by atoms with Crippen LogP contribution in [0.1, 0.15) is 21.5 Å². The Kier molecular flexibility index (Phi) is 3.37. The lowest BCUT2D eigenvalue weighted by Gasteiger charge is -2.09. The van der Waals surface area contributed by atoms with Gasteiger partial charge in [0.25, 0.3) is 0 Å². The fraction of sp³-hybridized carbons (Fsp3) is 0.111. The van der Waals surface area contributed by atoms with E-state index in [0.29, 0.717) is 16.6 Å². The van der Waals surface area contributed by atoms with Crippen LogP contribution < -0.4 is 0 Å². The van der Waals surface area contributed by atoms with Gasteiger partial charge in [-0.15, -0.1) is 0 Å². The fourth-order valence-corrected chi connectivity index (χ4v) is 2.42. The number of carbonyl (C=O) groups is 1. The minimum Gasteiger partial charge on any atom is -0.478 e.